The van der Waals surface area contributed by atoms with Crippen molar-refractivity contribution in [2.45, 2.75) is 6.92 Å². The Hall–Kier alpha value is -0.420. The molecule has 0 aromatic heterocycles. The number of nitrogens with one attached hydrogen (secondary N) is 1. The molecule has 0 amide bonds. The van der Waals surface area contributed by atoms with Crippen molar-refractivity contribution in [2.24, 2.45) is 5.73 Å². The van der Waals surface area contributed by atoms with Crippen LogP contribution in [-0.4, -0.2) is 59.1 Å². The maximum Gasteiger partial charge on any atom is 0.116 e. The molecule has 0 aromatic rings. The van der Waals surface area contributed by atoms with Gasteiger partial charge < -0.3 is 16.0 Å². The van der Waals surface area contributed by atoms with Crippen molar-refractivity contribution >= 4 is 40.7 Å². The molecule has 4 nitrogen and oxygen atoms in total. The van der Waals surface area contributed by atoms with E-state index in [0.717, 1.165) is 30.3 Å². The van der Waals surface area contributed by atoms with Gasteiger partial charge in [-0.15, -0.1) is 0 Å². The highest BCUT2D eigenvalue weighted by atomic mass is 32.2. The molecule has 0 aromatic carbocycles. The van der Waals surface area contributed by atoms with Crippen LogP contribution in [0.3, 0.4) is 0 Å². The van der Waals surface area contributed by atoms with Crippen molar-refractivity contribution in [1.82, 2.24) is 10.2 Å². The summed E-state index contributed by atoms with van der Waals surface area (Å²) in [7, 11) is 0. The van der Waals surface area contributed by atoms with E-state index in [0.29, 0.717) is 5.57 Å². The molecule has 112 valence electrons. The lowest BCUT2D eigenvalue weighted by Gasteiger charge is -2.29. The van der Waals surface area contributed by atoms with Gasteiger partial charge in [-0.2, -0.15) is 28.8 Å². The normalized spacial score (nSPS) is 20.1. The molecule has 0 spiro atoms. The molecule has 3 N–H and O–H groups in total. The number of nitriles is 1. The van der Waals surface area contributed by atoms with Crippen LogP contribution in [0.1, 0.15) is 6.92 Å². The summed E-state index contributed by atoms with van der Waals surface area (Å²) < 4.78 is 0. The number of thiocarbonyl (C=S) groups is 1. The van der Waals surface area contributed by atoms with Crippen molar-refractivity contribution in [3.05, 3.63) is 11.3 Å². The van der Waals surface area contributed by atoms with Crippen molar-refractivity contribution < 1.29 is 0 Å². The van der Waals surface area contributed by atoms with E-state index in [4.69, 9.17) is 23.2 Å². The van der Waals surface area contributed by atoms with E-state index < -0.39 is 0 Å². The summed E-state index contributed by atoms with van der Waals surface area (Å²) in [5.41, 5.74) is 6.84. The first-order valence-electron chi connectivity index (χ1n) is 6.68. The summed E-state index contributed by atoms with van der Waals surface area (Å²) in [4.78, 5) is 2.37. The van der Waals surface area contributed by atoms with Gasteiger partial charge in [0.2, 0.25) is 0 Å². The van der Waals surface area contributed by atoms with Crippen LogP contribution in [0.25, 0.3) is 0 Å². The van der Waals surface area contributed by atoms with Gasteiger partial charge in [-0.1, -0.05) is 12.2 Å². The zero-order valence-corrected chi connectivity index (χ0v) is 14.3. The van der Waals surface area contributed by atoms with Crippen LogP contribution in [0, 0.1) is 11.3 Å². The third kappa shape index (κ3) is 6.35. The smallest absolute Gasteiger partial charge is 0.116 e. The van der Waals surface area contributed by atoms with E-state index in [1.165, 1.54) is 24.6 Å². The maximum absolute atomic E-state index is 8.89. The number of rotatable bonds is 2. The molecule has 2 fully saturated rings. The van der Waals surface area contributed by atoms with Gasteiger partial charge in [-0.3, -0.25) is 0 Å². The Balaban J connectivity index is 0.000000276. The Morgan fingerprint density at radius 3 is 2.10 bits per heavy atom. The third-order valence-electron chi connectivity index (χ3n) is 3.05. The van der Waals surface area contributed by atoms with Crippen molar-refractivity contribution in [2.75, 3.05) is 49.2 Å². The molecule has 0 bridgehead atoms. The van der Waals surface area contributed by atoms with Gasteiger partial charge in [0.1, 0.15) is 16.6 Å². The highest BCUT2D eigenvalue weighted by molar-refractivity contribution is 7.99. The zero-order chi connectivity index (χ0) is 14.8. The lowest BCUT2D eigenvalue weighted by atomic mass is 10.2. The fraction of sp³-hybridized carbons (Fsp3) is 0.692. The molecule has 0 radical (unpaired) electrons. The first-order valence-corrected chi connectivity index (χ1v) is 9.40. The minimum Gasteiger partial charge on any atom is -0.389 e. The van der Waals surface area contributed by atoms with E-state index in [1.54, 1.807) is 0 Å². The van der Waals surface area contributed by atoms with E-state index in [2.05, 4.69) is 16.3 Å². The molecular weight excluding hydrogens is 308 g/mol. The third-order valence-corrected chi connectivity index (χ3v) is 5.18. The van der Waals surface area contributed by atoms with Crippen LogP contribution in [0.2, 0.25) is 0 Å². The average molecular weight is 331 g/mol. The monoisotopic (exact) mass is 330 g/mol. The van der Waals surface area contributed by atoms with Crippen LogP contribution in [0.5, 0.6) is 0 Å². The van der Waals surface area contributed by atoms with E-state index in [9.17, 15) is 0 Å². The average Bonchev–Trinajstić information content (AvgIpc) is 2.51. The van der Waals surface area contributed by atoms with Gasteiger partial charge in [-0.25, -0.2) is 0 Å². The Bertz CT molecular complexity index is 368. The van der Waals surface area contributed by atoms with Gasteiger partial charge in [0, 0.05) is 54.9 Å². The molecule has 20 heavy (non-hydrogen) atoms. The summed E-state index contributed by atoms with van der Waals surface area (Å²) >= 11 is 8.79. The molecule has 2 saturated heterocycles. The highest BCUT2D eigenvalue weighted by Gasteiger charge is 2.15. The summed E-state index contributed by atoms with van der Waals surface area (Å²) in [5, 5.41) is 12.2. The molecule has 2 aliphatic rings. The standard InChI is InChI=1S/C9H13N3S2.C4H9NS/c1-7(8(6-10)9(11)13)12-2-4-14-5-3-12;1-3-6-4-2-5-1/h2-5H2,1H3,(H2,11,13);5H,1-4H2/b8-7-;. The molecule has 2 heterocycles. The number of nitrogens with two attached hydrogens (primary N) is 1. The van der Waals surface area contributed by atoms with E-state index in [-0.39, 0.29) is 4.99 Å². The summed E-state index contributed by atoms with van der Waals surface area (Å²) in [6.07, 6.45) is 0. The molecule has 7 heteroatoms. The Labute approximate surface area is 135 Å². The summed E-state index contributed by atoms with van der Waals surface area (Å²) in [6, 6.07) is 2.06. The second-order valence-corrected chi connectivity index (χ2v) is 7.29. The molecule has 2 rings (SSSR count). The predicted molar refractivity (Wildman–Crippen MR) is 94.2 cm³/mol. The number of hydrogen-bond acceptors (Lipinski definition) is 6. The van der Waals surface area contributed by atoms with E-state index >= 15 is 0 Å². The van der Waals surface area contributed by atoms with Crippen LogP contribution < -0.4 is 11.1 Å². The molecule has 0 aliphatic carbocycles. The SMILES string of the molecule is C/C(=C(\C#N)C(N)=S)N1CCSCC1.C1CSCCN1. The summed E-state index contributed by atoms with van der Waals surface area (Å²) in [6.45, 7) is 6.29. The van der Waals surface area contributed by atoms with Crippen molar-refractivity contribution in [1.29, 1.82) is 5.26 Å². The first-order chi connectivity index (χ1) is 9.66. The Morgan fingerprint density at radius 1 is 1.20 bits per heavy atom. The van der Waals surface area contributed by atoms with Crippen molar-refractivity contribution in [3.8, 4) is 6.07 Å². The van der Waals surface area contributed by atoms with Crippen LogP contribution in [0.15, 0.2) is 11.3 Å². The minimum absolute atomic E-state index is 0.197. The quantitative estimate of drug-likeness (QED) is 0.451. The fourth-order valence-electron chi connectivity index (χ4n) is 1.89. The largest absolute Gasteiger partial charge is 0.389 e. The molecule has 0 unspecified atom stereocenters. The van der Waals surface area contributed by atoms with Gasteiger partial charge in [0.05, 0.1) is 0 Å². The number of hydrogen-bond donors (Lipinski definition) is 2. The highest BCUT2D eigenvalue weighted by Crippen LogP contribution is 2.16. The van der Waals surface area contributed by atoms with Crippen LogP contribution in [-0.2, 0) is 0 Å². The minimum atomic E-state index is 0.197. The Kier molecular flexibility index (Phi) is 9.10. The number of nitrogens with zero attached hydrogens (tertiary/aromatic N) is 2. The second kappa shape index (κ2) is 10.3. The molecule has 0 atom stereocenters. The molecular formula is C13H22N4S3. The lowest BCUT2D eigenvalue weighted by Crippen LogP contribution is -2.33. The van der Waals surface area contributed by atoms with Gasteiger partial charge in [0.15, 0.2) is 0 Å². The van der Waals surface area contributed by atoms with Crippen LogP contribution in [0.4, 0.5) is 0 Å². The molecule has 0 saturated carbocycles. The predicted octanol–water partition coefficient (Wildman–Crippen LogP) is 1.44. The fourth-order valence-corrected chi connectivity index (χ4v) is 3.76. The Morgan fingerprint density at radius 2 is 1.75 bits per heavy atom. The topological polar surface area (TPSA) is 65.1 Å². The zero-order valence-electron chi connectivity index (χ0n) is 11.9. The first kappa shape index (κ1) is 17.6. The number of thioether (sulfide) groups is 2. The van der Waals surface area contributed by atoms with E-state index in [1.807, 2.05) is 30.4 Å². The number of allylic oxidation sites excluding steroid dienone is 1. The lowest BCUT2D eigenvalue weighted by molar-refractivity contribution is 0.380. The molecule has 2 aliphatic heterocycles. The van der Waals surface area contributed by atoms with Gasteiger partial charge >= 0.3 is 0 Å². The maximum atomic E-state index is 8.89. The second-order valence-electron chi connectivity index (χ2n) is 4.40. The summed E-state index contributed by atoms with van der Waals surface area (Å²) in [5.74, 6) is 4.82. The van der Waals surface area contributed by atoms with Crippen LogP contribution >= 0.6 is 35.7 Å². The van der Waals surface area contributed by atoms with Crippen molar-refractivity contribution in [3.63, 3.8) is 0 Å². The van der Waals surface area contributed by atoms with Gasteiger partial charge in [-0.05, 0) is 6.92 Å². The van der Waals surface area contributed by atoms with Gasteiger partial charge in [0.25, 0.3) is 0 Å².